The van der Waals surface area contributed by atoms with Gasteiger partial charge in [0.25, 0.3) is 0 Å². The van der Waals surface area contributed by atoms with Gasteiger partial charge in [-0.15, -0.1) is 12.4 Å². The summed E-state index contributed by atoms with van der Waals surface area (Å²) in [6.07, 6.45) is 3.68. The van der Waals surface area contributed by atoms with Crippen molar-refractivity contribution in [3.63, 3.8) is 0 Å². The topological polar surface area (TPSA) is 64.9 Å². The van der Waals surface area contributed by atoms with Crippen LogP contribution in [0.2, 0.25) is 10.0 Å². The van der Waals surface area contributed by atoms with Gasteiger partial charge in [0.05, 0.1) is 5.54 Å². The fourth-order valence-electron chi connectivity index (χ4n) is 2.52. The quantitative estimate of drug-likeness (QED) is 0.870. The molecule has 1 saturated carbocycles. The molecule has 0 amide bonds. The Balaban J connectivity index is 0.00000176. The minimum Gasteiger partial charge on any atom is -0.339 e. The molecule has 0 radical (unpaired) electrons. The minimum absolute atomic E-state index is 0. The second-order valence-electron chi connectivity index (χ2n) is 5.81. The average Bonchev–Trinajstić information content (AvgIpc) is 2.89. The highest BCUT2D eigenvalue weighted by molar-refractivity contribution is 6.35. The van der Waals surface area contributed by atoms with Gasteiger partial charge in [-0.2, -0.15) is 4.98 Å². The van der Waals surface area contributed by atoms with E-state index in [1.165, 1.54) is 0 Å². The Hall–Kier alpha value is -0.810. The molecule has 1 fully saturated rings. The van der Waals surface area contributed by atoms with Gasteiger partial charge in [-0.3, -0.25) is 0 Å². The zero-order chi connectivity index (χ0) is 15.0. The number of hydrogen-bond acceptors (Lipinski definition) is 4. The Labute approximate surface area is 145 Å². The molecular weight excluding hydrogens is 345 g/mol. The Kier molecular flexibility index (Phi) is 5.38. The third kappa shape index (κ3) is 3.40. The van der Waals surface area contributed by atoms with Crippen molar-refractivity contribution < 1.29 is 4.52 Å². The van der Waals surface area contributed by atoms with Crippen LogP contribution in [0.5, 0.6) is 0 Å². The van der Waals surface area contributed by atoms with Gasteiger partial charge in [-0.25, -0.2) is 0 Å². The average molecular weight is 363 g/mol. The van der Waals surface area contributed by atoms with Crippen LogP contribution in [-0.4, -0.2) is 10.1 Å². The van der Waals surface area contributed by atoms with E-state index in [4.69, 9.17) is 33.5 Å². The van der Waals surface area contributed by atoms with Gasteiger partial charge in [0.2, 0.25) is 5.89 Å². The lowest BCUT2D eigenvalue weighted by Crippen LogP contribution is -2.44. The van der Waals surface area contributed by atoms with Crippen LogP contribution >= 0.6 is 35.6 Å². The first-order valence-electron chi connectivity index (χ1n) is 7.05. The number of hydrogen-bond donors (Lipinski definition) is 1. The number of aromatic nitrogens is 2. The van der Waals surface area contributed by atoms with Crippen LogP contribution < -0.4 is 5.73 Å². The smallest absolute Gasteiger partial charge is 0.229 e. The van der Waals surface area contributed by atoms with Crippen molar-refractivity contribution in [2.24, 2.45) is 5.73 Å². The molecular formula is C15H18Cl3N3O. The second kappa shape index (κ2) is 6.75. The minimum atomic E-state index is -0.389. The van der Waals surface area contributed by atoms with Crippen LogP contribution in [-0.2, 0) is 12.0 Å². The van der Waals surface area contributed by atoms with E-state index in [1.807, 2.05) is 19.1 Å². The van der Waals surface area contributed by atoms with Crippen LogP contribution in [0.15, 0.2) is 22.7 Å². The fourth-order valence-corrected chi connectivity index (χ4v) is 3.01. The third-order valence-corrected chi connectivity index (χ3v) is 4.68. The maximum atomic E-state index is 6.21. The van der Waals surface area contributed by atoms with E-state index < -0.39 is 0 Å². The second-order valence-corrected chi connectivity index (χ2v) is 6.65. The molecule has 120 valence electrons. The highest BCUT2D eigenvalue weighted by Gasteiger charge is 2.39. The molecule has 2 aromatic rings. The van der Waals surface area contributed by atoms with E-state index in [0.29, 0.717) is 21.8 Å². The molecule has 7 heteroatoms. The van der Waals surface area contributed by atoms with Crippen LogP contribution in [0, 0.1) is 0 Å². The van der Waals surface area contributed by atoms with Gasteiger partial charge >= 0.3 is 0 Å². The highest BCUT2D eigenvalue weighted by Crippen LogP contribution is 2.37. The molecule has 0 spiro atoms. The summed E-state index contributed by atoms with van der Waals surface area (Å²) in [7, 11) is 0. The molecule has 0 saturated heterocycles. The summed E-state index contributed by atoms with van der Waals surface area (Å²) in [5.74, 6) is 1.30. The van der Waals surface area contributed by atoms with E-state index in [2.05, 4.69) is 10.1 Å². The third-order valence-electron chi connectivity index (χ3n) is 4.10. The van der Waals surface area contributed by atoms with Crippen molar-refractivity contribution in [3.8, 4) is 0 Å². The Morgan fingerprint density at radius 1 is 1.36 bits per heavy atom. The molecule has 1 atom stereocenters. The van der Waals surface area contributed by atoms with E-state index >= 15 is 0 Å². The molecule has 3 rings (SSSR count). The SMILES string of the molecule is CC(Cc1ccc(Cl)cc1Cl)c1nc(C2(N)CCC2)no1.Cl. The number of benzene rings is 1. The first-order chi connectivity index (χ1) is 9.98. The maximum Gasteiger partial charge on any atom is 0.229 e. The molecule has 1 aromatic carbocycles. The highest BCUT2D eigenvalue weighted by atomic mass is 35.5. The van der Waals surface area contributed by atoms with Crippen molar-refractivity contribution in [2.75, 3.05) is 0 Å². The van der Waals surface area contributed by atoms with E-state index in [1.54, 1.807) is 6.07 Å². The molecule has 1 aromatic heterocycles. The summed E-state index contributed by atoms with van der Waals surface area (Å²) in [5, 5.41) is 5.33. The van der Waals surface area contributed by atoms with Gasteiger partial charge in [-0.1, -0.05) is 41.3 Å². The summed E-state index contributed by atoms with van der Waals surface area (Å²) in [6, 6.07) is 5.50. The molecule has 4 nitrogen and oxygen atoms in total. The standard InChI is InChI=1S/C15H17Cl2N3O.ClH/c1-9(7-10-3-4-11(16)8-12(10)17)13-19-14(20-21-13)15(18)5-2-6-15;/h3-4,8-9H,2,5-7,18H2,1H3;1H. The fraction of sp³-hybridized carbons (Fsp3) is 0.467. The largest absolute Gasteiger partial charge is 0.339 e. The summed E-state index contributed by atoms with van der Waals surface area (Å²) < 4.78 is 5.37. The molecule has 1 aliphatic carbocycles. The molecule has 1 unspecified atom stereocenters. The first kappa shape index (κ1) is 17.5. The van der Waals surface area contributed by atoms with Gasteiger partial charge in [0.1, 0.15) is 0 Å². The molecule has 1 heterocycles. The zero-order valence-corrected chi connectivity index (χ0v) is 14.5. The molecule has 1 aliphatic rings. The summed E-state index contributed by atoms with van der Waals surface area (Å²) in [6.45, 7) is 2.03. The van der Waals surface area contributed by atoms with Crippen molar-refractivity contribution in [1.29, 1.82) is 0 Å². The van der Waals surface area contributed by atoms with Crippen molar-refractivity contribution in [3.05, 3.63) is 45.5 Å². The van der Waals surface area contributed by atoms with E-state index in [0.717, 1.165) is 31.2 Å². The van der Waals surface area contributed by atoms with Gasteiger partial charge in [0, 0.05) is 16.0 Å². The molecule has 2 N–H and O–H groups in total. The lowest BCUT2D eigenvalue weighted by molar-refractivity contribution is 0.228. The Morgan fingerprint density at radius 2 is 2.09 bits per heavy atom. The summed E-state index contributed by atoms with van der Waals surface area (Å²) >= 11 is 12.1. The zero-order valence-electron chi connectivity index (χ0n) is 12.2. The van der Waals surface area contributed by atoms with E-state index in [-0.39, 0.29) is 23.9 Å². The van der Waals surface area contributed by atoms with Gasteiger partial charge < -0.3 is 10.3 Å². The first-order valence-corrected chi connectivity index (χ1v) is 7.80. The van der Waals surface area contributed by atoms with Crippen LogP contribution in [0.4, 0.5) is 0 Å². The molecule has 0 bridgehead atoms. The summed E-state index contributed by atoms with van der Waals surface area (Å²) in [5.41, 5.74) is 6.83. The Bertz CT molecular complexity index is 655. The van der Waals surface area contributed by atoms with Crippen LogP contribution in [0.1, 0.15) is 49.4 Å². The molecule has 0 aliphatic heterocycles. The molecule has 22 heavy (non-hydrogen) atoms. The normalized spacial score (nSPS) is 17.5. The van der Waals surface area contributed by atoms with Crippen molar-refractivity contribution in [2.45, 2.75) is 44.1 Å². The van der Waals surface area contributed by atoms with Crippen molar-refractivity contribution >= 4 is 35.6 Å². The number of nitrogens with zero attached hydrogens (tertiary/aromatic N) is 2. The lowest BCUT2D eigenvalue weighted by Gasteiger charge is -2.34. The lowest BCUT2D eigenvalue weighted by atomic mass is 9.77. The summed E-state index contributed by atoms with van der Waals surface area (Å²) in [4.78, 5) is 4.48. The monoisotopic (exact) mass is 361 g/mol. The van der Waals surface area contributed by atoms with Crippen LogP contribution in [0.3, 0.4) is 0 Å². The number of nitrogens with two attached hydrogens (primary N) is 1. The number of rotatable bonds is 4. The van der Waals surface area contributed by atoms with Gasteiger partial charge in [0.15, 0.2) is 5.82 Å². The van der Waals surface area contributed by atoms with Gasteiger partial charge in [-0.05, 0) is 43.4 Å². The predicted octanol–water partition coefficient (Wildman–Crippen LogP) is 4.48. The number of halogens is 3. The van der Waals surface area contributed by atoms with Crippen molar-refractivity contribution in [1.82, 2.24) is 10.1 Å². The van der Waals surface area contributed by atoms with E-state index in [9.17, 15) is 0 Å². The Morgan fingerprint density at radius 3 is 2.68 bits per heavy atom. The predicted molar refractivity (Wildman–Crippen MR) is 89.8 cm³/mol. The van der Waals surface area contributed by atoms with Crippen LogP contribution in [0.25, 0.3) is 0 Å². The maximum absolute atomic E-state index is 6.21.